The number of nitrogens with zero attached hydrogens (tertiary/aromatic N) is 2. The SMILES string of the molecule is CNC(=O)c1nnc(C(C)(C)C)o1. The molecule has 0 aliphatic carbocycles. The second-order valence-corrected chi connectivity index (χ2v) is 3.74. The van der Waals surface area contributed by atoms with Gasteiger partial charge in [-0.1, -0.05) is 20.8 Å². The number of hydrogen-bond acceptors (Lipinski definition) is 4. The summed E-state index contributed by atoms with van der Waals surface area (Å²) in [6.45, 7) is 5.82. The third-order valence-electron chi connectivity index (χ3n) is 1.49. The highest BCUT2D eigenvalue weighted by molar-refractivity contribution is 5.89. The maximum absolute atomic E-state index is 11.0. The average molecular weight is 183 g/mol. The van der Waals surface area contributed by atoms with E-state index in [1.54, 1.807) is 0 Å². The van der Waals surface area contributed by atoms with Crippen LogP contribution in [-0.4, -0.2) is 23.2 Å². The lowest BCUT2D eigenvalue weighted by atomic mass is 9.97. The van der Waals surface area contributed by atoms with Crippen molar-refractivity contribution in [3.8, 4) is 0 Å². The molecule has 72 valence electrons. The van der Waals surface area contributed by atoms with E-state index in [0.717, 1.165) is 0 Å². The molecule has 1 heterocycles. The zero-order valence-corrected chi connectivity index (χ0v) is 8.21. The van der Waals surface area contributed by atoms with Gasteiger partial charge in [0, 0.05) is 12.5 Å². The molecule has 0 saturated carbocycles. The summed E-state index contributed by atoms with van der Waals surface area (Å²) >= 11 is 0. The van der Waals surface area contributed by atoms with Gasteiger partial charge in [-0.05, 0) is 0 Å². The van der Waals surface area contributed by atoms with Crippen molar-refractivity contribution < 1.29 is 9.21 Å². The Morgan fingerprint density at radius 2 is 2.00 bits per heavy atom. The van der Waals surface area contributed by atoms with E-state index in [4.69, 9.17) is 4.42 Å². The molecular formula is C8H13N3O2. The molecule has 0 aliphatic heterocycles. The Morgan fingerprint density at radius 3 is 2.38 bits per heavy atom. The lowest BCUT2D eigenvalue weighted by Crippen LogP contribution is -2.18. The van der Waals surface area contributed by atoms with Gasteiger partial charge in [0.2, 0.25) is 5.89 Å². The minimum Gasteiger partial charge on any atom is -0.416 e. The Morgan fingerprint density at radius 1 is 1.38 bits per heavy atom. The van der Waals surface area contributed by atoms with Gasteiger partial charge in [0.1, 0.15) is 0 Å². The topological polar surface area (TPSA) is 68.0 Å². The summed E-state index contributed by atoms with van der Waals surface area (Å²) in [4.78, 5) is 11.0. The summed E-state index contributed by atoms with van der Waals surface area (Å²) in [7, 11) is 1.52. The predicted molar refractivity (Wildman–Crippen MR) is 46.4 cm³/mol. The molecule has 0 bridgehead atoms. The van der Waals surface area contributed by atoms with Crippen LogP contribution in [0.15, 0.2) is 4.42 Å². The molecule has 1 rings (SSSR count). The van der Waals surface area contributed by atoms with Gasteiger partial charge in [0.25, 0.3) is 0 Å². The molecule has 5 nitrogen and oxygen atoms in total. The lowest BCUT2D eigenvalue weighted by Gasteiger charge is -2.10. The van der Waals surface area contributed by atoms with E-state index in [2.05, 4.69) is 15.5 Å². The molecule has 1 N–H and O–H groups in total. The molecule has 0 spiro atoms. The largest absolute Gasteiger partial charge is 0.416 e. The average Bonchev–Trinajstić information content (AvgIpc) is 2.50. The van der Waals surface area contributed by atoms with Crippen LogP contribution < -0.4 is 5.32 Å². The molecule has 0 saturated heterocycles. The second-order valence-electron chi connectivity index (χ2n) is 3.74. The van der Waals surface area contributed by atoms with Crippen molar-refractivity contribution in [3.63, 3.8) is 0 Å². The van der Waals surface area contributed by atoms with Crippen molar-refractivity contribution in [2.45, 2.75) is 26.2 Å². The van der Waals surface area contributed by atoms with Gasteiger partial charge < -0.3 is 9.73 Å². The summed E-state index contributed by atoms with van der Waals surface area (Å²) in [5, 5.41) is 9.81. The number of hydrogen-bond donors (Lipinski definition) is 1. The van der Waals surface area contributed by atoms with E-state index < -0.39 is 0 Å². The standard InChI is InChI=1S/C8H13N3O2/c1-8(2,3)7-11-10-6(13-7)5(12)9-4/h1-4H3,(H,9,12). The Kier molecular flexibility index (Phi) is 2.36. The summed E-state index contributed by atoms with van der Waals surface area (Å²) < 4.78 is 5.17. The summed E-state index contributed by atoms with van der Waals surface area (Å²) in [5.74, 6) is 0.113. The highest BCUT2D eigenvalue weighted by Gasteiger charge is 2.23. The lowest BCUT2D eigenvalue weighted by molar-refractivity contribution is 0.0925. The Bertz CT molecular complexity index is 311. The van der Waals surface area contributed by atoms with Crippen molar-refractivity contribution in [3.05, 3.63) is 11.8 Å². The first-order valence-electron chi connectivity index (χ1n) is 4.01. The van der Waals surface area contributed by atoms with Gasteiger partial charge in [0.15, 0.2) is 0 Å². The minimum atomic E-state index is -0.358. The predicted octanol–water partition coefficient (Wildman–Crippen LogP) is 0.727. The number of rotatable bonds is 1. The van der Waals surface area contributed by atoms with Crippen LogP contribution in [0, 0.1) is 0 Å². The van der Waals surface area contributed by atoms with E-state index in [1.807, 2.05) is 20.8 Å². The van der Waals surface area contributed by atoms with Gasteiger partial charge in [-0.2, -0.15) is 0 Å². The van der Waals surface area contributed by atoms with Crippen molar-refractivity contribution >= 4 is 5.91 Å². The van der Waals surface area contributed by atoms with E-state index >= 15 is 0 Å². The van der Waals surface area contributed by atoms with Crippen LogP contribution in [0.25, 0.3) is 0 Å². The normalized spacial score (nSPS) is 11.4. The zero-order chi connectivity index (χ0) is 10.1. The first-order valence-corrected chi connectivity index (χ1v) is 4.01. The molecule has 13 heavy (non-hydrogen) atoms. The number of nitrogens with one attached hydrogen (secondary N) is 1. The van der Waals surface area contributed by atoms with Crippen LogP contribution in [0.2, 0.25) is 0 Å². The Hall–Kier alpha value is -1.39. The monoisotopic (exact) mass is 183 g/mol. The highest BCUT2D eigenvalue weighted by atomic mass is 16.4. The number of amides is 1. The van der Waals surface area contributed by atoms with Gasteiger partial charge in [-0.15, -0.1) is 10.2 Å². The van der Waals surface area contributed by atoms with Crippen molar-refractivity contribution in [2.75, 3.05) is 7.05 Å². The zero-order valence-electron chi connectivity index (χ0n) is 8.21. The first-order chi connectivity index (χ1) is 5.95. The van der Waals surface area contributed by atoms with Gasteiger partial charge in [0.05, 0.1) is 0 Å². The van der Waals surface area contributed by atoms with Crippen LogP contribution in [0.5, 0.6) is 0 Å². The van der Waals surface area contributed by atoms with E-state index in [0.29, 0.717) is 5.89 Å². The number of aromatic nitrogens is 2. The molecule has 0 atom stereocenters. The smallest absolute Gasteiger partial charge is 0.308 e. The van der Waals surface area contributed by atoms with Crippen molar-refractivity contribution in [2.24, 2.45) is 0 Å². The third-order valence-corrected chi connectivity index (χ3v) is 1.49. The van der Waals surface area contributed by atoms with Gasteiger partial charge in [-0.25, -0.2) is 0 Å². The maximum Gasteiger partial charge on any atom is 0.308 e. The van der Waals surface area contributed by atoms with Crippen LogP contribution in [0.3, 0.4) is 0 Å². The Labute approximate surface area is 76.5 Å². The molecule has 0 aromatic carbocycles. The molecule has 5 heteroatoms. The third kappa shape index (κ3) is 2.05. The molecule has 0 fully saturated rings. The van der Waals surface area contributed by atoms with Gasteiger partial charge in [-0.3, -0.25) is 4.79 Å². The molecule has 1 aromatic rings. The fraction of sp³-hybridized carbons (Fsp3) is 0.625. The summed E-state index contributed by atoms with van der Waals surface area (Å²) in [6.07, 6.45) is 0. The molecule has 1 aromatic heterocycles. The van der Waals surface area contributed by atoms with Gasteiger partial charge >= 0.3 is 11.8 Å². The molecule has 1 amide bonds. The van der Waals surface area contributed by atoms with E-state index in [9.17, 15) is 4.79 Å². The fourth-order valence-electron chi connectivity index (χ4n) is 0.725. The number of carbonyl (C=O) groups excluding carboxylic acids is 1. The fourth-order valence-corrected chi connectivity index (χ4v) is 0.725. The molecule has 0 radical (unpaired) electrons. The Balaban J connectivity index is 2.93. The van der Waals surface area contributed by atoms with Crippen LogP contribution in [0.1, 0.15) is 37.3 Å². The number of carbonyl (C=O) groups is 1. The van der Waals surface area contributed by atoms with Crippen LogP contribution >= 0.6 is 0 Å². The highest BCUT2D eigenvalue weighted by Crippen LogP contribution is 2.19. The summed E-state index contributed by atoms with van der Waals surface area (Å²) in [6, 6.07) is 0. The van der Waals surface area contributed by atoms with Crippen molar-refractivity contribution in [1.82, 2.24) is 15.5 Å². The molecule has 0 unspecified atom stereocenters. The van der Waals surface area contributed by atoms with Crippen molar-refractivity contribution in [1.29, 1.82) is 0 Å². The van der Waals surface area contributed by atoms with Crippen LogP contribution in [0.4, 0.5) is 0 Å². The minimum absolute atomic E-state index is 0.00687. The maximum atomic E-state index is 11.0. The van der Waals surface area contributed by atoms with Crippen LogP contribution in [-0.2, 0) is 5.41 Å². The van der Waals surface area contributed by atoms with E-state index in [-0.39, 0.29) is 17.2 Å². The first kappa shape index (κ1) is 9.70. The second kappa shape index (κ2) is 3.16. The quantitative estimate of drug-likeness (QED) is 0.696. The molecule has 0 aliphatic rings. The summed E-state index contributed by atoms with van der Waals surface area (Å²) in [5.41, 5.74) is -0.223. The van der Waals surface area contributed by atoms with E-state index in [1.165, 1.54) is 7.05 Å². The molecular weight excluding hydrogens is 170 g/mol.